The fourth-order valence-electron chi connectivity index (χ4n) is 3.02. The van der Waals surface area contributed by atoms with E-state index in [1.165, 1.54) is 11.1 Å². The molecule has 1 atom stereocenters. The maximum atomic E-state index is 9.95. The smallest absolute Gasteiger partial charge is 0.126 e. The maximum Gasteiger partial charge on any atom is 0.126 e. The normalized spacial score (nSPS) is 21.9. The van der Waals surface area contributed by atoms with Crippen LogP contribution in [0.2, 0.25) is 0 Å². The highest BCUT2D eigenvalue weighted by atomic mass is 16.5. The first kappa shape index (κ1) is 15.9. The van der Waals surface area contributed by atoms with Gasteiger partial charge in [0.2, 0.25) is 0 Å². The molecule has 0 aromatic heterocycles. The van der Waals surface area contributed by atoms with Crippen LogP contribution in [0.4, 0.5) is 0 Å². The predicted octanol–water partition coefficient (Wildman–Crippen LogP) is 5.23. The summed E-state index contributed by atoms with van der Waals surface area (Å²) in [6.07, 6.45) is 7.58. The van der Waals surface area contributed by atoms with Gasteiger partial charge >= 0.3 is 0 Å². The number of aryl methyl sites for hydroxylation is 1. The minimum absolute atomic E-state index is 0.0916. The van der Waals surface area contributed by atoms with Crippen molar-refractivity contribution in [3.05, 3.63) is 34.4 Å². The van der Waals surface area contributed by atoms with Crippen molar-refractivity contribution < 1.29 is 9.84 Å². The average Bonchev–Trinajstić information content (AvgIpc) is 2.44. The van der Waals surface area contributed by atoms with E-state index < -0.39 is 0 Å². The summed E-state index contributed by atoms with van der Waals surface area (Å²) in [6, 6.07) is 1.82. The van der Waals surface area contributed by atoms with E-state index in [4.69, 9.17) is 4.74 Å². The van der Waals surface area contributed by atoms with Gasteiger partial charge in [-0.2, -0.15) is 0 Å². The Morgan fingerprint density at radius 1 is 1.43 bits per heavy atom. The average molecular weight is 288 g/mol. The van der Waals surface area contributed by atoms with Crippen molar-refractivity contribution in [1.82, 2.24) is 0 Å². The molecule has 1 aromatic carbocycles. The molecule has 1 heterocycles. The fourth-order valence-corrected chi connectivity index (χ4v) is 3.02. The highest BCUT2D eigenvalue weighted by Gasteiger charge is 2.33. The summed E-state index contributed by atoms with van der Waals surface area (Å²) in [5, 5.41) is 9.95. The number of phenols is 1. The molecule has 2 rings (SSSR count). The monoisotopic (exact) mass is 288 g/mol. The van der Waals surface area contributed by atoms with Gasteiger partial charge in [0.1, 0.15) is 17.1 Å². The summed E-state index contributed by atoms with van der Waals surface area (Å²) in [4.78, 5) is 0. The number of aromatic hydroxyl groups is 1. The van der Waals surface area contributed by atoms with E-state index in [9.17, 15) is 5.11 Å². The van der Waals surface area contributed by atoms with Gasteiger partial charge in [0.15, 0.2) is 0 Å². The first-order chi connectivity index (χ1) is 9.86. The topological polar surface area (TPSA) is 29.5 Å². The molecule has 0 amide bonds. The molecule has 0 aliphatic carbocycles. The number of ether oxygens (including phenoxy) is 1. The van der Waals surface area contributed by atoms with Crippen molar-refractivity contribution in [2.75, 3.05) is 0 Å². The van der Waals surface area contributed by atoms with E-state index in [0.717, 1.165) is 49.0 Å². The number of allylic oxidation sites excluding steroid dienone is 2. The van der Waals surface area contributed by atoms with Crippen LogP contribution < -0.4 is 4.74 Å². The van der Waals surface area contributed by atoms with Gasteiger partial charge in [-0.1, -0.05) is 18.6 Å². The number of benzene rings is 1. The lowest BCUT2D eigenvalue weighted by Gasteiger charge is -2.37. The van der Waals surface area contributed by atoms with Gasteiger partial charge in [-0.25, -0.2) is 0 Å². The number of fused-ring (bicyclic) bond motifs is 1. The molecule has 0 saturated carbocycles. The van der Waals surface area contributed by atoms with Crippen LogP contribution in [0.1, 0.15) is 63.1 Å². The molecular formula is C19H28O2. The molecular weight excluding hydrogens is 260 g/mol. The van der Waals surface area contributed by atoms with Crippen molar-refractivity contribution in [3.63, 3.8) is 0 Å². The van der Waals surface area contributed by atoms with Crippen LogP contribution in [0, 0.1) is 13.8 Å². The number of hydrogen-bond acceptors (Lipinski definition) is 2. The van der Waals surface area contributed by atoms with Crippen molar-refractivity contribution in [2.45, 2.75) is 72.3 Å². The Morgan fingerprint density at radius 3 is 2.81 bits per heavy atom. The number of hydrogen-bond donors (Lipinski definition) is 1. The molecule has 0 radical (unpaired) electrons. The first-order valence-corrected chi connectivity index (χ1v) is 8.03. The largest absolute Gasteiger partial charge is 0.508 e. The molecule has 0 spiro atoms. The lowest BCUT2D eigenvalue weighted by Crippen LogP contribution is -2.36. The fraction of sp³-hybridized carbons (Fsp3) is 0.579. The molecule has 2 heteroatoms. The minimum atomic E-state index is -0.0916. The molecule has 1 aliphatic rings. The van der Waals surface area contributed by atoms with Gasteiger partial charge in [-0.3, -0.25) is 0 Å². The summed E-state index contributed by atoms with van der Waals surface area (Å²) >= 11 is 0. The van der Waals surface area contributed by atoms with E-state index >= 15 is 0 Å². The first-order valence-electron chi connectivity index (χ1n) is 8.03. The minimum Gasteiger partial charge on any atom is -0.508 e. The van der Waals surface area contributed by atoms with Crippen LogP contribution >= 0.6 is 0 Å². The third kappa shape index (κ3) is 3.42. The highest BCUT2D eigenvalue weighted by molar-refractivity contribution is 5.53. The van der Waals surface area contributed by atoms with Gasteiger partial charge in [0, 0.05) is 5.56 Å². The summed E-state index contributed by atoms with van der Waals surface area (Å²) in [5.41, 5.74) is 4.56. The quantitative estimate of drug-likeness (QED) is 0.769. The van der Waals surface area contributed by atoms with Gasteiger partial charge in [0.25, 0.3) is 0 Å². The number of phenolic OH excluding ortho intramolecular Hbond substituents is 1. The van der Waals surface area contributed by atoms with E-state index in [-0.39, 0.29) is 5.60 Å². The Labute approximate surface area is 128 Å². The van der Waals surface area contributed by atoms with Crippen molar-refractivity contribution in [3.8, 4) is 11.5 Å². The lowest BCUT2D eigenvalue weighted by molar-refractivity contribution is 0.0559. The van der Waals surface area contributed by atoms with Crippen LogP contribution in [0.15, 0.2) is 17.7 Å². The van der Waals surface area contributed by atoms with Gasteiger partial charge in [-0.05, 0) is 77.0 Å². The lowest BCUT2D eigenvalue weighted by atomic mass is 9.86. The zero-order valence-electron chi connectivity index (χ0n) is 14.0. The standard InChI is InChI=1S/C19H28O2/c1-6-13(2)8-7-10-19(5)11-9-16-15(4)17(20)12-14(3)18(16)21-19/h8,12,20H,6-7,9-11H2,1-5H3/b13-8+/t19-/m1/s1. The molecule has 0 bridgehead atoms. The Hall–Kier alpha value is -1.44. The van der Waals surface area contributed by atoms with E-state index in [2.05, 4.69) is 26.8 Å². The third-order valence-electron chi connectivity index (χ3n) is 4.80. The number of rotatable bonds is 4. The molecule has 0 unspecified atom stereocenters. The maximum absolute atomic E-state index is 9.95. The Balaban J connectivity index is 2.17. The molecule has 1 aromatic rings. The summed E-state index contributed by atoms with van der Waals surface area (Å²) in [5.74, 6) is 1.38. The second-order valence-corrected chi connectivity index (χ2v) is 6.64. The van der Waals surface area contributed by atoms with Crippen molar-refractivity contribution in [2.24, 2.45) is 0 Å². The van der Waals surface area contributed by atoms with Crippen LogP contribution in [0.5, 0.6) is 11.5 Å². The molecule has 0 saturated heterocycles. The molecule has 1 aliphatic heterocycles. The molecule has 116 valence electrons. The molecule has 21 heavy (non-hydrogen) atoms. The van der Waals surface area contributed by atoms with E-state index in [1.54, 1.807) is 0 Å². The van der Waals surface area contributed by atoms with Crippen LogP contribution in [-0.2, 0) is 6.42 Å². The second kappa shape index (κ2) is 6.13. The zero-order chi connectivity index (χ0) is 15.6. The summed E-state index contributed by atoms with van der Waals surface area (Å²) in [6.45, 7) is 10.6. The van der Waals surface area contributed by atoms with Gasteiger partial charge < -0.3 is 9.84 Å². The van der Waals surface area contributed by atoms with Crippen LogP contribution in [-0.4, -0.2) is 10.7 Å². The summed E-state index contributed by atoms with van der Waals surface area (Å²) in [7, 11) is 0. The zero-order valence-corrected chi connectivity index (χ0v) is 14.0. The van der Waals surface area contributed by atoms with Gasteiger partial charge in [0.05, 0.1) is 0 Å². The Morgan fingerprint density at radius 2 is 2.14 bits per heavy atom. The Bertz CT molecular complexity index is 557. The van der Waals surface area contributed by atoms with Crippen molar-refractivity contribution in [1.29, 1.82) is 0 Å². The SMILES string of the molecule is CC/C(C)=C/CC[C@]1(C)CCc2c(C)c(O)cc(C)c2O1. The predicted molar refractivity (Wildman–Crippen MR) is 88.2 cm³/mol. The van der Waals surface area contributed by atoms with E-state index in [0.29, 0.717) is 5.75 Å². The van der Waals surface area contributed by atoms with Gasteiger partial charge in [-0.15, -0.1) is 0 Å². The Kier molecular flexibility index (Phi) is 4.65. The van der Waals surface area contributed by atoms with E-state index in [1.807, 2.05) is 19.9 Å². The molecule has 1 N–H and O–H groups in total. The molecule has 0 fully saturated rings. The summed E-state index contributed by atoms with van der Waals surface area (Å²) < 4.78 is 6.36. The van der Waals surface area contributed by atoms with Crippen molar-refractivity contribution >= 4 is 0 Å². The highest BCUT2D eigenvalue weighted by Crippen LogP contribution is 2.42. The third-order valence-corrected chi connectivity index (χ3v) is 4.80. The second-order valence-electron chi connectivity index (χ2n) is 6.64. The molecule has 2 nitrogen and oxygen atoms in total. The van der Waals surface area contributed by atoms with Crippen LogP contribution in [0.3, 0.4) is 0 Å². The van der Waals surface area contributed by atoms with Crippen LogP contribution in [0.25, 0.3) is 0 Å².